The molecule has 2 nitrogen and oxygen atoms in total. The average molecular weight is 407 g/mol. The van der Waals surface area contributed by atoms with Gasteiger partial charge in [-0.15, -0.1) is 0 Å². The van der Waals surface area contributed by atoms with E-state index < -0.39 is 6.40 Å². The van der Waals surface area contributed by atoms with Gasteiger partial charge in [-0.05, 0) is 104 Å². The molecule has 0 spiro atoms. The topological polar surface area (TPSA) is 40.5 Å². The van der Waals surface area contributed by atoms with Gasteiger partial charge in [0.05, 0.1) is 6.10 Å². The molecule has 0 bridgehead atoms. The molecule has 3 saturated carbocycles. The minimum atomic E-state index is -0.399. The highest BCUT2D eigenvalue weighted by atomic mass is 16.3. The molecule has 166 valence electrons. The maximum absolute atomic E-state index is 10.2. The molecule has 11 atom stereocenters. The zero-order chi connectivity index (χ0) is 22.6. The highest BCUT2D eigenvalue weighted by Gasteiger charge is 2.59. The molecule has 0 heterocycles. The van der Waals surface area contributed by atoms with Crippen molar-refractivity contribution in [2.24, 2.45) is 46.3 Å². The van der Waals surface area contributed by atoms with Crippen LogP contribution in [-0.2, 0) is 0 Å². The molecule has 0 aromatic rings. The molecule has 4 aliphatic rings. The first-order valence-corrected chi connectivity index (χ1v) is 12.4. The summed E-state index contributed by atoms with van der Waals surface area (Å²) in [5.74, 6) is 3.16. The summed E-state index contributed by atoms with van der Waals surface area (Å²) in [5, 5.41) is 19.6. The van der Waals surface area contributed by atoms with Gasteiger partial charge in [0.15, 0.2) is 0 Å². The van der Waals surface area contributed by atoms with Gasteiger partial charge in [-0.3, -0.25) is 0 Å². The van der Waals surface area contributed by atoms with Crippen LogP contribution in [0.4, 0.5) is 0 Å². The van der Waals surface area contributed by atoms with Crippen molar-refractivity contribution in [3.05, 3.63) is 11.6 Å². The molecule has 0 aromatic heterocycles. The van der Waals surface area contributed by atoms with Crippen LogP contribution >= 0.6 is 0 Å². The van der Waals surface area contributed by atoms with Gasteiger partial charge in [0.2, 0.25) is 0 Å². The van der Waals surface area contributed by atoms with Crippen LogP contribution in [0.3, 0.4) is 0 Å². The lowest BCUT2D eigenvalue weighted by Crippen LogP contribution is -2.50. The highest BCUT2D eigenvalue weighted by Crippen LogP contribution is 2.67. The van der Waals surface area contributed by atoms with Crippen molar-refractivity contribution in [1.82, 2.24) is 0 Å². The van der Waals surface area contributed by atoms with E-state index in [1.54, 1.807) is 5.57 Å². The molecule has 0 radical (unpaired) electrons. The smallest absolute Gasteiger partial charge is 0.0577 e. The van der Waals surface area contributed by atoms with Gasteiger partial charge in [-0.1, -0.05) is 52.1 Å². The number of allylic oxidation sites excluding steroid dienone is 1. The number of aliphatic hydroxyl groups excluding tert-OH is 2. The molecule has 3 unspecified atom stereocenters. The summed E-state index contributed by atoms with van der Waals surface area (Å²) in [4.78, 5) is 0. The quantitative estimate of drug-likeness (QED) is 0.504. The molecule has 3 fully saturated rings. The Bertz CT molecular complexity index is 680. The van der Waals surface area contributed by atoms with E-state index in [4.69, 9.17) is 2.74 Å². The molecule has 2 N–H and O–H groups in total. The minimum absolute atomic E-state index is 0.114. The predicted molar refractivity (Wildman–Crippen MR) is 120 cm³/mol. The van der Waals surface area contributed by atoms with E-state index in [9.17, 15) is 10.2 Å². The van der Waals surface area contributed by atoms with Gasteiger partial charge in [0, 0.05) is 9.35 Å². The van der Waals surface area contributed by atoms with Crippen molar-refractivity contribution in [3.8, 4) is 0 Å². The van der Waals surface area contributed by atoms with E-state index in [0.29, 0.717) is 17.8 Å². The summed E-state index contributed by atoms with van der Waals surface area (Å²) in [7, 11) is 0. The molecule has 29 heavy (non-hydrogen) atoms. The molecule has 0 amide bonds. The second-order valence-electron chi connectivity index (χ2n) is 11.7. The molecule has 0 aliphatic heterocycles. The summed E-state index contributed by atoms with van der Waals surface area (Å²) in [6.07, 6.45) is 11.5. The lowest BCUT2D eigenvalue weighted by Gasteiger charge is -2.58. The van der Waals surface area contributed by atoms with E-state index in [1.807, 2.05) is 6.92 Å². The molecular formula is C27H46O2. The van der Waals surface area contributed by atoms with Crippen LogP contribution in [0.5, 0.6) is 0 Å². The average Bonchev–Trinajstić information content (AvgIpc) is 3.10. The normalized spacial score (nSPS) is 49.4. The molecule has 4 aliphatic carbocycles. The van der Waals surface area contributed by atoms with Crippen LogP contribution in [-0.4, -0.2) is 22.9 Å². The summed E-state index contributed by atoms with van der Waals surface area (Å²) in [5.41, 5.74) is 2.14. The van der Waals surface area contributed by atoms with Gasteiger partial charge in [0.1, 0.15) is 0 Å². The van der Waals surface area contributed by atoms with Gasteiger partial charge in [0.25, 0.3) is 0 Å². The largest absolute Gasteiger partial charge is 0.396 e. The summed E-state index contributed by atoms with van der Waals surface area (Å²) in [6, 6.07) is 0. The Labute approximate surface area is 182 Å². The van der Waals surface area contributed by atoms with E-state index in [0.717, 1.165) is 37.0 Å². The standard InChI is InChI=1S/C27H46O2/c1-18(17-28)6-5-7-19(2)23-10-11-24-22-9-8-20-16-21(29)12-14-26(20,3)25(22)13-15-27(23,24)4/h8,18-19,21-25,28-29H,5-7,9-17H2,1-4H3/t18?,19-,21+,22+,23-,24+,25+,26+,27-/m1/s1/i5T,7T/t5?,7?,18?,19-,21+,22+,23-,24+,25+,26+,27-. The van der Waals surface area contributed by atoms with E-state index in [1.165, 1.54) is 32.1 Å². The van der Waals surface area contributed by atoms with Gasteiger partial charge < -0.3 is 10.2 Å². The third-order valence-corrected chi connectivity index (χ3v) is 10.1. The SMILES string of the molecule is [3H]C(CC(C)CO)C([3H])[C@@H](C)[C@H]1CC[C@H]2[C@@H]3CC=C4C[C@@H](O)CC[C@]4(C)[C@H]3CC[C@]12C. The fourth-order valence-corrected chi connectivity index (χ4v) is 8.28. The maximum Gasteiger partial charge on any atom is 0.0577 e. The third kappa shape index (κ3) is 3.75. The van der Waals surface area contributed by atoms with Crippen LogP contribution in [0, 0.1) is 46.3 Å². The van der Waals surface area contributed by atoms with Crippen molar-refractivity contribution in [3.63, 3.8) is 0 Å². The van der Waals surface area contributed by atoms with Crippen LogP contribution < -0.4 is 0 Å². The molecule has 2 heteroatoms. The summed E-state index contributed by atoms with van der Waals surface area (Å²) in [6.45, 7) is 9.37. The number of hydrogen-bond donors (Lipinski definition) is 2. The second kappa shape index (κ2) is 8.30. The fourth-order valence-electron chi connectivity index (χ4n) is 8.28. The van der Waals surface area contributed by atoms with E-state index >= 15 is 0 Å². The lowest BCUT2D eigenvalue weighted by molar-refractivity contribution is -0.0573. The van der Waals surface area contributed by atoms with Crippen molar-refractivity contribution in [1.29, 1.82) is 0 Å². The summed E-state index contributed by atoms with van der Waals surface area (Å²) >= 11 is 0. The van der Waals surface area contributed by atoms with Crippen molar-refractivity contribution < 1.29 is 13.0 Å². The Kier molecular flexibility index (Phi) is 5.54. The number of aliphatic hydroxyl groups is 2. The van der Waals surface area contributed by atoms with Crippen LogP contribution in [0.2, 0.25) is 0 Å². The van der Waals surface area contributed by atoms with E-state index in [2.05, 4.69) is 26.8 Å². The Morgan fingerprint density at radius 3 is 2.69 bits per heavy atom. The first-order valence-electron chi connectivity index (χ1n) is 13.6. The molecular weight excluding hydrogens is 356 g/mol. The van der Waals surface area contributed by atoms with Crippen molar-refractivity contribution >= 4 is 0 Å². The zero-order valence-electron chi connectivity index (χ0n) is 21.2. The Morgan fingerprint density at radius 1 is 1.14 bits per heavy atom. The first kappa shape index (κ1) is 19.4. The minimum Gasteiger partial charge on any atom is -0.396 e. The van der Waals surface area contributed by atoms with E-state index in [-0.39, 0.29) is 36.4 Å². The van der Waals surface area contributed by atoms with Gasteiger partial charge in [-0.25, -0.2) is 0 Å². The maximum atomic E-state index is 10.2. The van der Waals surface area contributed by atoms with Crippen molar-refractivity contribution in [2.75, 3.05) is 6.61 Å². The third-order valence-electron chi connectivity index (χ3n) is 10.1. The lowest BCUT2D eigenvalue weighted by atomic mass is 9.47. The highest BCUT2D eigenvalue weighted by molar-refractivity contribution is 5.25. The van der Waals surface area contributed by atoms with Gasteiger partial charge in [-0.2, -0.15) is 0 Å². The Hall–Kier alpha value is -0.340. The monoisotopic (exact) mass is 406 g/mol. The van der Waals surface area contributed by atoms with Crippen molar-refractivity contribution in [2.45, 2.75) is 104 Å². The molecule has 0 aromatic carbocycles. The fraction of sp³-hybridized carbons (Fsp3) is 0.926. The molecule has 4 rings (SSSR count). The predicted octanol–water partition coefficient (Wildman–Crippen LogP) is 6.36. The van der Waals surface area contributed by atoms with Crippen LogP contribution in [0.1, 0.15) is 101 Å². The zero-order valence-corrected chi connectivity index (χ0v) is 19.2. The number of rotatable bonds is 6. The first-order chi connectivity index (χ1) is 14.6. The van der Waals surface area contributed by atoms with Crippen LogP contribution in [0.25, 0.3) is 0 Å². The Morgan fingerprint density at radius 2 is 1.93 bits per heavy atom. The van der Waals surface area contributed by atoms with Gasteiger partial charge >= 0.3 is 0 Å². The number of fused-ring (bicyclic) bond motifs is 5. The van der Waals surface area contributed by atoms with Crippen LogP contribution in [0.15, 0.2) is 11.6 Å². The number of hydrogen-bond acceptors (Lipinski definition) is 2. The summed E-state index contributed by atoms with van der Waals surface area (Å²) < 4.78 is 17.4. The second-order valence-corrected chi connectivity index (χ2v) is 11.7. The Balaban J connectivity index is 1.50. The molecule has 0 saturated heterocycles.